The second kappa shape index (κ2) is 9.77. The van der Waals surface area contributed by atoms with E-state index in [4.69, 9.17) is 9.53 Å². The fourth-order valence-electron chi connectivity index (χ4n) is 1.85. The van der Waals surface area contributed by atoms with E-state index in [2.05, 4.69) is 9.97 Å². The Balaban J connectivity index is 0.000000326. The van der Waals surface area contributed by atoms with E-state index in [1.54, 1.807) is 0 Å². The standard InChI is InChI=1S/C13H21F2NOSi.C7H7F2NO/c1-12(2,3)18(4,5)17-10-13(14,15)11-6-8-16-9-7-11;8-7(9,5-11)6-1-3-10-4-2-6/h6-9H,10H2,1-5H3;1-4,11H,5H2. The van der Waals surface area contributed by atoms with E-state index in [0.29, 0.717) is 0 Å². The molecule has 1 N–H and O–H groups in total. The average molecular weight is 433 g/mol. The zero-order valence-electron chi connectivity index (χ0n) is 17.3. The van der Waals surface area contributed by atoms with Crippen molar-refractivity contribution in [3.63, 3.8) is 0 Å². The molecule has 0 radical (unpaired) electrons. The number of aromatic nitrogens is 2. The average Bonchev–Trinajstić information content (AvgIpc) is 2.68. The molecule has 0 unspecified atom stereocenters. The van der Waals surface area contributed by atoms with Crippen LogP contribution in [0.3, 0.4) is 0 Å². The maximum absolute atomic E-state index is 13.9. The van der Waals surface area contributed by atoms with Crippen LogP contribution in [0.5, 0.6) is 0 Å². The summed E-state index contributed by atoms with van der Waals surface area (Å²) in [6.45, 7) is 8.30. The second-order valence-electron chi connectivity index (χ2n) is 8.09. The van der Waals surface area contributed by atoms with Gasteiger partial charge < -0.3 is 9.53 Å². The molecular formula is C20H28F4N2O2Si. The predicted molar refractivity (Wildman–Crippen MR) is 106 cm³/mol. The Labute approximate surface area is 170 Å². The van der Waals surface area contributed by atoms with Crippen molar-refractivity contribution in [2.24, 2.45) is 0 Å². The summed E-state index contributed by atoms with van der Waals surface area (Å²) in [5, 5.41) is 8.21. The minimum atomic E-state index is -3.15. The number of nitrogens with zero attached hydrogens (tertiary/aromatic N) is 2. The fraction of sp³-hybridized carbons (Fsp3) is 0.500. The van der Waals surface area contributed by atoms with Crippen molar-refractivity contribution in [1.29, 1.82) is 0 Å². The van der Waals surface area contributed by atoms with Crippen LogP contribution in [0, 0.1) is 0 Å². The summed E-state index contributed by atoms with van der Waals surface area (Å²) >= 11 is 0. The normalized spacial score (nSPS) is 12.9. The molecule has 29 heavy (non-hydrogen) atoms. The van der Waals surface area contributed by atoms with Crippen LogP contribution in [-0.2, 0) is 16.3 Å². The monoisotopic (exact) mass is 432 g/mol. The third kappa shape index (κ3) is 7.49. The van der Waals surface area contributed by atoms with E-state index in [-0.39, 0.29) is 16.2 Å². The van der Waals surface area contributed by atoms with E-state index < -0.39 is 33.4 Å². The summed E-state index contributed by atoms with van der Waals surface area (Å²) in [5.74, 6) is -6.11. The number of hydrogen-bond donors (Lipinski definition) is 1. The summed E-state index contributed by atoms with van der Waals surface area (Å²) in [4.78, 5) is 7.32. The molecule has 0 aliphatic rings. The van der Waals surface area contributed by atoms with Gasteiger partial charge in [0, 0.05) is 35.9 Å². The van der Waals surface area contributed by atoms with E-state index in [9.17, 15) is 17.6 Å². The maximum Gasteiger partial charge on any atom is 0.295 e. The molecule has 2 aromatic rings. The zero-order valence-corrected chi connectivity index (χ0v) is 18.3. The lowest BCUT2D eigenvalue weighted by Crippen LogP contribution is -2.43. The lowest BCUT2D eigenvalue weighted by atomic mass is 10.1. The van der Waals surface area contributed by atoms with Gasteiger partial charge in [0.05, 0.1) is 0 Å². The number of pyridine rings is 2. The van der Waals surface area contributed by atoms with E-state index >= 15 is 0 Å². The zero-order chi connectivity index (χ0) is 22.3. The Bertz CT molecular complexity index is 739. The molecule has 0 saturated heterocycles. The van der Waals surface area contributed by atoms with Gasteiger partial charge in [0.25, 0.3) is 11.8 Å². The molecule has 0 aliphatic heterocycles. The van der Waals surface area contributed by atoms with Crippen LogP contribution < -0.4 is 0 Å². The molecule has 0 aliphatic carbocycles. The van der Waals surface area contributed by atoms with E-state index in [1.807, 2.05) is 33.9 Å². The van der Waals surface area contributed by atoms with Crippen molar-refractivity contribution in [2.45, 2.75) is 50.7 Å². The third-order valence-electron chi connectivity index (χ3n) is 4.82. The highest BCUT2D eigenvalue weighted by molar-refractivity contribution is 6.74. The molecule has 0 aromatic carbocycles. The van der Waals surface area contributed by atoms with Gasteiger partial charge in [-0.2, -0.15) is 17.6 Å². The van der Waals surface area contributed by atoms with Crippen LogP contribution in [-0.4, -0.2) is 36.6 Å². The number of aliphatic hydroxyl groups is 1. The number of rotatable bonds is 6. The summed E-state index contributed by atoms with van der Waals surface area (Å²) in [6, 6.07) is 5.01. The highest BCUT2D eigenvalue weighted by Crippen LogP contribution is 2.38. The Morgan fingerprint density at radius 2 is 1.21 bits per heavy atom. The van der Waals surface area contributed by atoms with Crippen LogP contribution in [0.2, 0.25) is 18.1 Å². The van der Waals surface area contributed by atoms with Crippen molar-refractivity contribution in [3.05, 3.63) is 60.2 Å². The molecule has 0 atom stereocenters. The van der Waals surface area contributed by atoms with Gasteiger partial charge in [-0.05, 0) is 42.4 Å². The molecule has 0 bridgehead atoms. The fourth-order valence-corrected chi connectivity index (χ4v) is 2.83. The number of halogens is 4. The highest BCUT2D eigenvalue weighted by atomic mass is 28.4. The number of aliphatic hydroxyl groups excluding tert-OH is 1. The molecule has 0 fully saturated rings. The van der Waals surface area contributed by atoms with Gasteiger partial charge in [0.15, 0.2) is 8.32 Å². The molecular weight excluding hydrogens is 404 g/mol. The van der Waals surface area contributed by atoms with Gasteiger partial charge in [0.2, 0.25) is 0 Å². The van der Waals surface area contributed by atoms with Crippen molar-refractivity contribution in [1.82, 2.24) is 9.97 Å². The number of hydrogen-bond acceptors (Lipinski definition) is 4. The van der Waals surface area contributed by atoms with Crippen LogP contribution in [0.15, 0.2) is 49.1 Å². The molecule has 0 amide bonds. The molecule has 2 rings (SSSR count). The third-order valence-corrected chi connectivity index (χ3v) is 9.30. The highest BCUT2D eigenvalue weighted by Gasteiger charge is 2.41. The quantitative estimate of drug-likeness (QED) is 0.493. The Hall–Kier alpha value is -1.84. The molecule has 2 aromatic heterocycles. The Morgan fingerprint density at radius 1 is 0.828 bits per heavy atom. The number of alkyl halides is 4. The molecule has 0 saturated carbocycles. The van der Waals surface area contributed by atoms with Gasteiger partial charge in [0.1, 0.15) is 13.2 Å². The van der Waals surface area contributed by atoms with Crippen LogP contribution in [0.25, 0.3) is 0 Å². The van der Waals surface area contributed by atoms with Crippen LogP contribution >= 0.6 is 0 Å². The van der Waals surface area contributed by atoms with Crippen molar-refractivity contribution < 1.29 is 27.1 Å². The summed E-state index contributed by atoms with van der Waals surface area (Å²) in [6.07, 6.45) is 5.27. The largest absolute Gasteiger partial charge is 0.410 e. The first-order valence-electron chi connectivity index (χ1n) is 9.04. The molecule has 162 valence electrons. The first-order chi connectivity index (χ1) is 13.2. The van der Waals surface area contributed by atoms with Gasteiger partial charge in [-0.25, -0.2) is 0 Å². The lowest BCUT2D eigenvalue weighted by molar-refractivity contribution is -0.0556. The first kappa shape index (κ1) is 25.2. The molecule has 0 spiro atoms. The minimum absolute atomic E-state index is 0.0452. The minimum Gasteiger partial charge on any atom is -0.410 e. The summed E-state index contributed by atoms with van der Waals surface area (Å²) < 4.78 is 58.7. The molecule has 9 heteroatoms. The van der Waals surface area contributed by atoms with Gasteiger partial charge in [-0.3, -0.25) is 9.97 Å². The second-order valence-corrected chi connectivity index (χ2v) is 12.9. The summed E-state index contributed by atoms with van der Waals surface area (Å²) in [5.41, 5.74) is -0.258. The van der Waals surface area contributed by atoms with E-state index in [1.165, 1.54) is 49.1 Å². The van der Waals surface area contributed by atoms with Crippen molar-refractivity contribution in [2.75, 3.05) is 13.2 Å². The van der Waals surface area contributed by atoms with Gasteiger partial charge >= 0.3 is 0 Å². The summed E-state index contributed by atoms with van der Waals surface area (Å²) in [7, 11) is -2.14. The molecule has 4 nitrogen and oxygen atoms in total. The SMILES string of the molecule is CC(C)(C)[Si](C)(C)OCC(F)(F)c1ccncc1.OCC(F)(F)c1ccncc1. The first-order valence-corrected chi connectivity index (χ1v) is 12.0. The smallest absolute Gasteiger partial charge is 0.295 e. The van der Waals surface area contributed by atoms with Gasteiger partial charge in [-0.15, -0.1) is 0 Å². The predicted octanol–water partition coefficient (Wildman–Crippen LogP) is 5.36. The maximum atomic E-state index is 13.9. The van der Waals surface area contributed by atoms with E-state index in [0.717, 1.165) is 0 Å². The van der Waals surface area contributed by atoms with Gasteiger partial charge in [-0.1, -0.05) is 20.8 Å². The Kier molecular flexibility index (Phi) is 8.49. The lowest BCUT2D eigenvalue weighted by Gasteiger charge is -2.37. The topological polar surface area (TPSA) is 55.2 Å². The van der Waals surface area contributed by atoms with Crippen molar-refractivity contribution >= 4 is 8.32 Å². The van der Waals surface area contributed by atoms with Crippen LogP contribution in [0.4, 0.5) is 17.6 Å². The Morgan fingerprint density at radius 3 is 1.55 bits per heavy atom. The van der Waals surface area contributed by atoms with Crippen molar-refractivity contribution in [3.8, 4) is 0 Å². The van der Waals surface area contributed by atoms with Crippen LogP contribution in [0.1, 0.15) is 31.9 Å². The molecule has 2 heterocycles.